The minimum absolute atomic E-state index is 0.107. The average molecular weight is 193 g/mol. The highest BCUT2D eigenvalue weighted by Crippen LogP contribution is 2.22. The van der Waals surface area contributed by atoms with Gasteiger partial charge in [-0.25, -0.2) is 4.99 Å². The summed E-state index contributed by atoms with van der Waals surface area (Å²) in [7, 11) is 0. The van der Waals surface area contributed by atoms with Crippen LogP contribution >= 0.6 is 0 Å². The fourth-order valence-corrected chi connectivity index (χ4v) is 1.02. The van der Waals surface area contributed by atoms with E-state index < -0.39 is 0 Å². The summed E-state index contributed by atoms with van der Waals surface area (Å²) >= 11 is 0. The van der Waals surface area contributed by atoms with Crippen LogP contribution in [0.15, 0.2) is 23.5 Å². The van der Waals surface area contributed by atoms with Crippen molar-refractivity contribution in [2.45, 2.75) is 13.8 Å². The van der Waals surface area contributed by atoms with E-state index in [0.717, 1.165) is 13.1 Å². The highest BCUT2D eigenvalue weighted by atomic mass is 16.3. The van der Waals surface area contributed by atoms with E-state index in [9.17, 15) is 5.11 Å². The Kier molecular flexibility index (Phi) is 3.91. The van der Waals surface area contributed by atoms with Crippen molar-refractivity contribution in [1.29, 1.82) is 0 Å². The van der Waals surface area contributed by atoms with Crippen LogP contribution in [0.5, 0.6) is 5.75 Å². The first kappa shape index (κ1) is 10.5. The van der Waals surface area contributed by atoms with Gasteiger partial charge in [-0.05, 0) is 19.9 Å². The van der Waals surface area contributed by atoms with Gasteiger partial charge >= 0.3 is 0 Å². The van der Waals surface area contributed by atoms with Gasteiger partial charge in [-0.1, -0.05) is 0 Å². The second-order valence-corrected chi connectivity index (χ2v) is 2.83. The molecule has 1 aromatic heterocycles. The molecular weight excluding hydrogens is 178 g/mol. The maximum Gasteiger partial charge on any atom is 0.159 e. The highest BCUT2D eigenvalue weighted by Gasteiger charge is 1.97. The van der Waals surface area contributed by atoms with E-state index in [4.69, 9.17) is 0 Å². The number of nitrogens with zero attached hydrogens (tertiary/aromatic N) is 3. The number of hydrogen-bond acceptors (Lipinski definition) is 3. The van der Waals surface area contributed by atoms with Gasteiger partial charge in [-0.2, -0.15) is 0 Å². The molecule has 0 saturated carbocycles. The molecule has 0 aliphatic heterocycles. The van der Waals surface area contributed by atoms with Crippen molar-refractivity contribution in [2.75, 3.05) is 13.1 Å². The van der Waals surface area contributed by atoms with Gasteiger partial charge in [0.2, 0.25) is 0 Å². The lowest BCUT2D eigenvalue weighted by molar-refractivity contribution is 0.470. The summed E-state index contributed by atoms with van der Waals surface area (Å²) in [6.07, 6.45) is 4.72. The van der Waals surface area contributed by atoms with Crippen molar-refractivity contribution < 1.29 is 5.11 Å². The minimum atomic E-state index is 0.107. The molecule has 0 spiro atoms. The molecule has 0 fully saturated rings. The van der Waals surface area contributed by atoms with Crippen LogP contribution in [0.2, 0.25) is 0 Å². The summed E-state index contributed by atoms with van der Waals surface area (Å²) in [4.78, 5) is 9.98. The Morgan fingerprint density at radius 3 is 2.79 bits per heavy atom. The molecule has 0 aromatic carbocycles. The molecule has 4 heteroatoms. The number of hydrogen-bond donors (Lipinski definition) is 1. The van der Waals surface area contributed by atoms with Crippen LogP contribution in [-0.4, -0.2) is 34.4 Å². The fourth-order valence-electron chi connectivity index (χ4n) is 1.02. The van der Waals surface area contributed by atoms with Gasteiger partial charge in [-0.15, -0.1) is 0 Å². The van der Waals surface area contributed by atoms with Crippen LogP contribution in [0, 0.1) is 0 Å². The first-order valence-corrected chi connectivity index (χ1v) is 4.69. The molecule has 76 valence electrons. The Bertz CT molecular complexity index is 308. The molecule has 0 radical (unpaired) electrons. The quantitative estimate of drug-likeness (QED) is 0.585. The van der Waals surface area contributed by atoms with Crippen molar-refractivity contribution in [3.05, 3.63) is 18.5 Å². The van der Waals surface area contributed by atoms with Gasteiger partial charge in [0.25, 0.3) is 0 Å². The third-order valence-corrected chi connectivity index (χ3v) is 1.95. The molecule has 0 aliphatic carbocycles. The van der Waals surface area contributed by atoms with Crippen molar-refractivity contribution in [3.8, 4) is 5.75 Å². The molecule has 1 heterocycles. The summed E-state index contributed by atoms with van der Waals surface area (Å²) in [6.45, 7) is 5.93. The summed E-state index contributed by atoms with van der Waals surface area (Å²) in [6, 6.07) is 1.68. The number of pyridine rings is 1. The first-order chi connectivity index (χ1) is 6.77. The smallest absolute Gasteiger partial charge is 0.159 e. The van der Waals surface area contributed by atoms with Gasteiger partial charge in [0.1, 0.15) is 5.69 Å². The maximum atomic E-state index is 9.37. The van der Waals surface area contributed by atoms with Gasteiger partial charge in [0.15, 0.2) is 5.75 Å². The van der Waals surface area contributed by atoms with Crippen molar-refractivity contribution in [1.82, 2.24) is 9.88 Å². The van der Waals surface area contributed by atoms with E-state index in [-0.39, 0.29) is 5.75 Å². The summed E-state index contributed by atoms with van der Waals surface area (Å²) in [5.41, 5.74) is 0.548. The van der Waals surface area contributed by atoms with Gasteiger partial charge < -0.3 is 10.0 Å². The summed E-state index contributed by atoms with van der Waals surface area (Å²) < 4.78 is 0. The molecule has 0 amide bonds. The lowest BCUT2D eigenvalue weighted by Gasteiger charge is -2.13. The standard InChI is InChI=1S/C10H15N3O/c1-3-13(4-2)8-12-9-5-6-11-7-10(9)14/h5-8,14H,3-4H2,1-2H3. The Hall–Kier alpha value is -1.58. The molecule has 1 N–H and O–H groups in total. The van der Waals surface area contributed by atoms with Crippen molar-refractivity contribution in [3.63, 3.8) is 0 Å². The monoisotopic (exact) mass is 193 g/mol. The Labute approximate surface area is 83.9 Å². The lowest BCUT2D eigenvalue weighted by atomic mass is 10.4. The van der Waals surface area contributed by atoms with Gasteiger partial charge in [-0.3, -0.25) is 4.98 Å². The Morgan fingerprint density at radius 2 is 2.21 bits per heavy atom. The molecule has 1 aromatic rings. The molecule has 0 bridgehead atoms. The zero-order chi connectivity index (χ0) is 10.4. The lowest BCUT2D eigenvalue weighted by Crippen LogP contribution is -2.20. The van der Waals surface area contributed by atoms with E-state index >= 15 is 0 Å². The van der Waals surface area contributed by atoms with E-state index in [2.05, 4.69) is 23.8 Å². The zero-order valence-electron chi connectivity index (χ0n) is 8.51. The Balaban J connectivity index is 2.72. The largest absolute Gasteiger partial charge is 0.504 e. The van der Waals surface area contributed by atoms with E-state index in [1.165, 1.54) is 6.20 Å². The van der Waals surface area contributed by atoms with Crippen LogP contribution in [-0.2, 0) is 0 Å². The Morgan fingerprint density at radius 1 is 1.50 bits per heavy atom. The van der Waals surface area contributed by atoms with Crippen LogP contribution in [0.1, 0.15) is 13.8 Å². The average Bonchev–Trinajstić information content (AvgIpc) is 2.22. The van der Waals surface area contributed by atoms with Crippen LogP contribution < -0.4 is 0 Å². The summed E-state index contributed by atoms with van der Waals surface area (Å²) in [5, 5.41) is 9.37. The molecule has 0 unspecified atom stereocenters. The van der Waals surface area contributed by atoms with E-state index in [1.54, 1.807) is 18.6 Å². The third kappa shape index (κ3) is 2.73. The van der Waals surface area contributed by atoms with E-state index in [1.807, 2.05) is 4.90 Å². The normalized spacial score (nSPS) is 10.7. The first-order valence-electron chi connectivity index (χ1n) is 4.69. The fraction of sp³-hybridized carbons (Fsp3) is 0.400. The second-order valence-electron chi connectivity index (χ2n) is 2.83. The van der Waals surface area contributed by atoms with Crippen LogP contribution in [0.4, 0.5) is 5.69 Å². The molecule has 14 heavy (non-hydrogen) atoms. The zero-order valence-corrected chi connectivity index (χ0v) is 8.51. The molecule has 0 saturated heterocycles. The van der Waals surface area contributed by atoms with Gasteiger partial charge in [0, 0.05) is 19.3 Å². The van der Waals surface area contributed by atoms with Crippen molar-refractivity contribution >= 4 is 12.0 Å². The van der Waals surface area contributed by atoms with Gasteiger partial charge in [0.05, 0.1) is 12.5 Å². The number of aliphatic imine (C=N–C) groups is 1. The topological polar surface area (TPSA) is 48.7 Å². The SMILES string of the molecule is CCN(C=Nc1ccncc1O)CC. The predicted molar refractivity (Wildman–Crippen MR) is 57.0 cm³/mol. The summed E-state index contributed by atoms with van der Waals surface area (Å²) in [5.74, 6) is 0.107. The van der Waals surface area contributed by atoms with Crippen LogP contribution in [0.25, 0.3) is 0 Å². The van der Waals surface area contributed by atoms with Crippen molar-refractivity contribution in [2.24, 2.45) is 4.99 Å². The molecule has 1 rings (SSSR count). The molecule has 4 nitrogen and oxygen atoms in total. The highest BCUT2D eigenvalue weighted by molar-refractivity contribution is 5.64. The minimum Gasteiger partial charge on any atom is -0.504 e. The number of aromatic hydroxyl groups is 1. The third-order valence-electron chi connectivity index (χ3n) is 1.95. The van der Waals surface area contributed by atoms with E-state index in [0.29, 0.717) is 5.69 Å². The number of rotatable bonds is 4. The maximum absolute atomic E-state index is 9.37. The second kappa shape index (κ2) is 5.21. The molecular formula is C10H15N3O. The molecule has 0 atom stereocenters. The number of aromatic nitrogens is 1. The predicted octanol–water partition coefficient (Wildman–Crippen LogP) is 1.79. The van der Waals surface area contributed by atoms with Crippen LogP contribution in [0.3, 0.4) is 0 Å². The molecule has 0 aliphatic rings.